The van der Waals surface area contributed by atoms with Gasteiger partial charge in [0, 0.05) is 31.8 Å². The van der Waals surface area contributed by atoms with E-state index in [2.05, 4.69) is 25.9 Å². The first-order valence-corrected chi connectivity index (χ1v) is 17.9. The number of nitrogens with one attached hydrogen (secondary N) is 3. The molecule has 0 bridgehead atoms. The number of nitrogens with zero attached hydrogens (tertiary/aromatic N) is 3. The molecule has 0 saturated carbocycles. The van der Waals surface area contributed by atoms with Crippen LogP contribution in [0.4, 0.5) is 0 Å². The Labute approximate surface area is 309 Å². The van der Waals surface area contributed by atoms with Gasteiger partial charge in [-0.15, -0.1) is 0 Å². The zero-order valence-electron chi connectivity index (χ0n) is 30.2. The SMILES string of the molecule is CC[C@@H](C=O)NC(=O)[C@@H]1C[C@@H](OCc2ccccc2)CN1C(=O)[C@@H](NC(=O)[C@H](Cc1ccc(-c2ccccc2)cc1)NC(=O)c1cnccn1)C(C)C. The zero-order chi connectivity index (χ0) is 37.7. The van der Waals surface area contributed by atoms with Gasteiger partial charge in [0.05, 0.1) is 24.9 Å². The van der Waals surface area contributed by atoms with Crippen LogP contribution in [0, 0.1) is 5.92 Å². The molecule has 2 heterocycles. The molecule has 1 aliphatic rings. The van der Waals surface area contributed by atoms with E-state index in [-0.39, 0.29) is 37.6 Å². The Bertz CT molecular complexity index is 1820. The molecule has 1 saturated heterocycles. The summed E-state index contributed by atoms with van der Waals surface area (Å²) in [4.78, 5) is 76.4. The van der Waals surface area contributed by atoms with Gasteiger partial charge in [-0.05, 0) is 34.6 Å². The van der Waals surface area contributed by atoms with E-state index >= 15 is 0 Å². The number of likely N-dealkylation sites (tertiary alicyclic amines) is 1. The fourth-order valence-electron chi connectivity index (χ4n) is 6.21. The number of aromatic nitrogens is 2. The Morgan fingerprint density at radius 2 is 1.55 bits per heavy atom. The molecule has 276 valence electrons. The van der Waals surface area contributed by atoms with Crippen molar-refractivity contribution in [3.63, 3.8) is 0 Å². The average Bonchev–Trinajstić information content (AvgIpc) is 3.63. The fourth-order valence-corrected chi connectivity index (χ4v) is 6.21. The second-order valence-electron chi connectivity index (χ2n) is 13.4. The second-order valence-corrected chi connectivity index (χ2v) is 13.4. The van der Waals surface area contributed by atoms with Gasteiger partial charge in [0.25, 0.3) is 5.91 Å². The van der Waals surface area contributed by atoms with Crippen LogP contribution >= 0.6 is 0 Å². The number of carbonyl (C=O) groups excluding carboxylic acids is 5. The van der Waals surface area contributed by atoms with Gasteiger partial charge in [0.2, 0.25) is 17.7 Å². The third-order valence-corrected chi connectivity index (χ3v) is 9.26. The molecule has 0 radical (unpaired) electrons. The van der Waals surface area contributed by atoms with Crippen molar-refractivity contribution in [3.8, 4) is 11.1 Å². The van der Waals surface area contributed by atoms with E-state index < -0.39 is 53.9 Å². The Hall–Kier alpha value is -5.75. The van der Waals surface area contributed by atoms with Crippen molar-refractivity contribution in [2.24, 2.45) is 5.92 Å². The third kappa shape index (κ3) is 10.4. The lowest BCUT2D eigenvalue weighted by Gasteiger charge is -2.31. The van der Waals surface area contributed by atoms with Crippen molar-refractivity contribution in [2.45, 2.75) is 76.9 Å². The molecule has 1 aliphatic heterocycles. The van der Waals surface area contributed by atoms with Crippen LogP contribution < -0.4 is 16.0 Å². The molecule has 0 unspecified atom stereocenters. The first-order chi connectivity index (χ1) is 25.7. The van der Waals surface area contributed by atoms with E-state index in [1.807, 2.05) is 84.9 Å². The van der Waals surface area contributed by atoms with E-state index in [9.17, 15) is 24.0 Å². The minimum atomic E-state index is -1.08. The maximum atomic E-state index is 14.4. The summed E-state index contributed by atoms with van der Waals surface area (Å²) in [6, 6.07) is 23.4. The van der Waals surface area contributed by atoms with Crippen molar-refractivity contribution >= 4 is 29.9 Å². The summed E-state index contributed by atoms with van der Waals surface area (Å²) in [5.41, 5.74) is 3.81. The fraction of sp³-hybridized carbons (Fsp3) is 0.341. The molecule has 5 rings (SSSR count). The number of hydrogen-bond acceptors (Lipinski definition) is 8. The van der Waals surface area contributed by atoms with Crippen LogP contribution in [-0.2, 0) is 36.9 Å². The Morgan fingerprint density at radius 1 is 0.868 bits per heavy atom. The Morgan fingerprint density at radius 3 is 2.17 bits per heavy atom. The average molecular weight is 719 g/mol. The molecule has 0 spiro atoms. The molecule has 1 fully saturated rings. The molecule has 4 aromatic rings. The van der Waals surface area contributed by atoms with Crippen LogP contribution in [0.25, 0.3) is 11.1 Å². The molecular formula is C41H46N6O6. The molecule has 5 atom stereocenters. The van der Waals surface area contributed by atoms with Crippen molar-refractivity contribution in [1.29, 1.82) is 0 Å². The van der Waals surface area contributed by atoms with Gasteiger partial charge in [-0.1, -0.05) is 106 Å². The van der Waals surface area contributed by atoms with Crippen LogP contribution in [0.2, 0.25) is 0 Å². The topological polar surface area (TPSA) is 160 Å². The van der Waals surface area contributed by atoms with Crippen molar-refractivity contribution in [3.05, 3.63) is 120 Å². The first-order valence-electron chi connectivity index (χ1n) is 17.9. The van der Waals surface area contributed by atoms with Gasteiger partial charge in [0.15, 0.2) is 0 Å². The van der Waals surface area contributed by atoms with Gasteiger partial charge in [0.1, 0.15) is 30.1 Å². The number of benzene rings is 3. The third-order valence-electron chi connectivity index (χ3n) is 9.26. The normalized spacial score (nSPS) is 17.0. The van der Waals surface area contributed by atoms with Gasteiger partial charge in [-0.25, -0.2) is 4.98 Å². The van der Waals surface area contributed by atoms with Crippen LogP contribution in [0.1, 0.15) is 55.2 Å². The molecule has 12 nitrogen and oxygen atoms in total. The number of aldehydes is 1. The monoisotopic (exact) mass is 718 g/mol. The lowest BCUT2D eigenvalue weighted by Crippen LogP contribution is -2.59. The van der Waals surface area contributed by atoms with E-state index in [0.717, 1.165) is 22.3 Å². The smallest absolute Gasteiger partial charge is 0.272 e. The Balaban J connectivity index is 1.36. The molecule has 4 amide bonds. The molecule has 1 aromatic heterocycles. The summed E-state index contributed by atoms with van der Waals surface area (Å²) in [6.45, 7) is 5.78. The quantitative estimate of drug-likeness (QED) is 0.147. The van der Waals surface area contributed by atoms with Crippen molar-refractivity contribution in [1.82, 2.24) is 30.8 Å². The molecule has 12 heteroatoms. The highest BCUT2D eigenvalue weighted by atomic mass is 16.5. The van der Waals surface area contributed by atoms with Crippen molar-refractivity contribution in [2.75, 3.05) is 6.54 Å². The highest BCUT2D eigenvalue weighted by Gasteiger charge is 2.44. The molecular weight excluding hydrogens is 672 g/mol. The minimum Gasteiger partial charge on any atom is -0.372 e. The standard InChI is InChI=1S/C41H46N6O6/c1-4-32(25-48)44-40(51)36-22-33(53-26-29-11-7-5-8-12-29)24-47(36)41(52)37(27(2)3)46-38(49)34(45-39(50)35-23-42-19-20-43-35)21-28-15-17-31(18-16-28)30-13-9-6-10-14-30/h5-20,23,25,27,32-34,36-37H,4,21-22,24,26H2,1-3H3,(H,44,51)(H,45,50)(H,46,49)/t32-,33+,34-,36-,37-/m0/s1. The Kier molecular flexibility index (Phi) is 13.5. The highest BCUT2D eigenvalue weighted by Crippen LogP contribution is 2.25. The number of hydrogen-bond donors (Lipinski definition) is 3. The van der Waals surface area contributed by atoms with E-state index in [0.29, 0.717) is 12.7 Å². The second kappa shape index (κ2) is 18.7. The summed E-state index contributed by atoms with van der Waals surface area (Å²) >= 11 is 0. The molecule has 0 aliphatic carbocycles. The van der Waals surface area contributed by atoms with Gasteiger partial charge in [-0.3, -0.25) is 24.2 Å². The predicted octanol–water partition coefficient (Wildman–Crippen LogP) is 3.91. The lowest BCUT2D eigenvalue weighted by atomic mass is 9.98. The molecule has 3 N–H and O–H groups in total. The maximum Gasteiger partial charge on any atom is 0.272 e. The molecule has 53 heavy (non-hydrogen) atoms. The number of amides is 4. The van der Waals surface area contributed by atoms with Gasteiger partial charge < -0.3 is 30.4 Å². The summed E-state index contributed by atoms with van der Waals surface area (Å²) < 4.78 is 6.17. The first kappa shape index (κ1) is 38.5. The number of carbonyl (C=O) groups is 5. The summed E-state index contributed by atoms with van der Waals surface area (Å²) in [5, 5.41) is 8.42. The van der Waals surface area contributed by atoms with Crippen LogP contribution in [0.5, 0.6) is 0 Å². The minimum absolute atomic E-state index is 0.0365. The summed E-state index contributed by atoms with van der Waals surface area (Å²) in [5.74, 6) is -2.50. The van der Waals surface area contributed by atoms with E-state index in [1.54, 1.807) is 20.8 Å². The molecule has 3 aromatic carbocycles. The lowest BCUT2D eigenvalue weighted by molar-refractivity contribution is -0.143. The van der Waals surface area contributed by atoms with Crippen LogP contribution in [-0.4, -0.2) is 81.6 Å². The maximum absolute atomic E-state index is 14.4. The van der Waals surface area contributed by atoms with Gasteiger partial charge in [-0.2, -0.15) is 0 Å². The van der Waals surface area contributed by atoms with E-state index in [4.69, 9.17) is 4.74 Å². The summed E-state index contributed by atoms with van der Waals surface area (Å²) in [7, 11) is 0. The van der Waals surface area contributed by atoms with Gasteiger partial charge >= 0.3 is 0 Å². The predicted molar refractivity (Wildman–Crippen MR) is 199 cm³/mol. The largest absolute Gasteiger partial charge is 0.372 e. The van der Waals surface area contributed by atoms with Crippen LogP contribution in [0.15, 0.2) is 104 Å². The zero-order valence-corrected chi connectivity index (χ0v) is 30.2. The van der Waals surface area contributed by atoms with E-state index in [1.165, 1.54) is 23.5 Å². The number of ether oxygens (including phenoxy) is 1. The van der Waals surface area contributed by atoms with Crippen LogP contribution in [0.3, 0.4) is 0 Å². The highest BCUT2D eigenvalue weighted by molar-refractivity contribution is 5.98. The summed E-state index contributed by atoms with van der Waals surface area (Å²) in [6.07, 6.45) is 5.08. The number of rotatable bonds is 16. The van der Waals surface area contributed by atoms with Crippen molar-refractivity contribution < 1.29 is 28.7 Å².